The number of allylic oxidation sites excluding steroid dienone is 2. The molecule has 1 aliphatic carbocycles. The summed E-state index contributed by atoms with van der Waals surface area (Å²) in [5.41, 5.74) is 4.16. The summed E-state index contributed by atoms with van der Waals surface area (Å²) in [5, 5.41) is 19.0. The Morgan fingerprint density at radius 1 is 1.08 bits per heavy atom. The van der Waals surface area contributed by atoms with Gasteiger partial charge in [-0.05, 0) is 46.9 Å². The van der Waals surface area contributed by atoms with Crippen molar-refractivity contribution in [2.75, 3.05) is 0 Å². The SMILES string of the molecule is N#CC(C#N)=C1c2ccccc2CC[C@H]1[C@@H](CC=O)c1ccccc1. The van der Waals surface area contributed by atoms with Crippen molar-refractivity contribution in [3.63, 3.8) is 0 Å². The predicted molar refractivity (Wildman–Crippen MR) is 96.3 cm³/mol. The van der Waals surface area contributed by atoms with Gasteiger partial charge in [-0.3, -0.25) is 0 Å². The summed E-state index contributed by atoms with van der Waals surface area (Å²) in [6.45, 7) is 0. The molecule has 0 heterocycles. The summed E-state index contributed by atoms with van der Waals surface area (Å²) in [5.74, 6) is -0.0458. The highest BCUT2D eigenvalue weighted by Crippen LogP contribution is 2.45. The molecule has 0 unspecified atom stereocenters. The van der Waals surface area contributed by atoms with E-state index in [0.717, 1.165) is 41.4 Å². The quantitative estimate of drug-likeness (QED) is 0.617. The fourth-order valence-corrected chi connectivity index (χ4v) is 3.86. The molecule has 1 aliphatic rings. The number of aryl methyl sites for hydroxylation is 1. The number of carbonyl (C=O) groups is 1. The number of hydrogen-bond acceptors (Lipinski definition) is 3. The van der Waals surface area contributed by atoms with Crippen molar-refractivity contribution in [3.05, 3.63) is 76.9 Å². The molecule has 0 spiro atoms. The van der Waals surface area contributed by atoms with Gasteiger partial charge in [0, 0.05) is 6.42 Å². The smallest absolute Gasteiger partial charge is 0.133 e. The first-order chi connectivity index (χ1) is 12.3. The zero-order valence-electron chi connectivity index (χ0n) is 13.9. The molecule has 25 heavy (non-hydrogen) atoms. The van der Waals surface area contributed by atoms with Crippen LogP contribution >= 0.6 is 0 Å². The highest BCUT2D eigenvalue weighted by molar-refractivity contribution is 5.80. The lowest BCUT2D eigenvalue weighted by atomic mass is 9.69. The lowest BCUT2D eigenvalue weighted by molar-refractivity contribution is -0.108. The summed E-state index contributed by atoms with van der Waals surface area (Å²) in [6.07, 6.45) is 3.03. The van der Waals surface area contributed by atoms with Gasteiger partial charge in [-0.15, -0.1) is 0 Å². The standard InChI is InChI=1S/C22H18N2O/c23-14-18(15-24)22-20-9-5-4-8-17(20)10-11-21(22)19(12-13-25)16-6-2-1-3-7-16/h1-9,13,19,21H,10-12H2/t19-,21-/m0/s1. The van der Waals surface area contributed by atoms with E-state index in [9.17, 15) is 15.3 Å². The molecule has 2 aromatic rings. The van der Waals surface area contributed by atoms with Gasteiger partial charge in [-0.2, -0.15) is 10.5 Å². The van der Waals surface area contributed by atoms with E-state index in [-0.39, 0.29) is 17.4 Å². The summed E-state index contributed by atoms with van der Waals surface area (Å²) in [7, 11) is 0. The number of fused-ring (bicyclic) bond motifs is 1. The Labute approximate surface area is 147 Å². The van der Waals surface area contributed by atoms with Crippen LogP contribution < -0.4 is 0 Å². The number of nitrogens with zero attached hydrogens (tertiary/aromatic N) is 2. The largest absolute Gasteiger partial charge is 0.303 e. The monoisotopic (exact) mass is 326 g/mol. The van der Waals surface area contributed by atoms with Gasteiger partial charge < -0.3 is 4.79 Å². The van der Waals surface area contributed by atoms with Crippen LogP contribution in [0.15, 0.2) is 60.2 Å². The topological polar surface area (TPSA) is 64.7 Å². The maximum atomic E-state index is 11.3. The van der Waals surface area contributed by atoms with Crippen LogP contribution in [0.3, 0.4) is 0 Å². The summed E-state index contributed by atoms with van der Waals surface area (Å²) >= 11 is 0. The number of carbonyl (C=O) groups excluding carboxylic acids is 1. The molecule has 0 aromatic heterocycles. The van der Waals surface area contributed by atoms with Crippen LogP contribution in [0.1, 0.15) is 35.4 Å². The summed E-state index contributed by atoms with van der Waals surface area (Å²) in [6, 6.07) is 22.0. The van der Waals surface area contributed by atoms with Gasteiger partial charge in [0.05, 0.1) is 0 Å². The molecule has 0 saturated carbocycles. The molecule has 0 fully saturated rings. The maximum Gasteiger partial charge on any atom is 0.133 e. The molecular weight excluding hydrogens is 308 g/mol. The van der Waals surface area contributed by atoms with Crippen LogP contribution in [0.2, 0.25) is 0 Å². The van der Waals surface area contributed by atoms with Crippen LogP contribution in [0.5, 0.6) is 0 Å². The molecule has 0 N–H and O–H groups in total. The third-order valence-corrected chi connectivity index (χ3v) is 4.96. The van der Waals surface area contributed by atoms with E-state index >= 15 is 0 Å². The first kappa shape index (κ1) is 16.7. The molecule has 122 valence electrons. The molecule has 0 saturated heterocycles. The van der Waals surface area contributed by atoms with Crippen LogP contribution in [-0.2, 0) is 11.2 Å². The summed E-state index contributed by atoms with van der Waals surface area (Å²) < 4.78 is 0. The van der Waals surface area contributed by atoms with E-state index in [2.05, 4.69) is 18.2 Å². The van der Waals surface area contributed by atoms with Crippen LogP contribution in [0.25, 0.3) is 5.57 Å². The van der Waals surface area contributed by atoms with Gasteiger partial charge in [-0.25, -0.2) is 0 Å². The van der Waals surface area contributed by atoms with E-state index in [1.54, 1.807) is 0 Å². The molecule has 0 bridgehead atoms. The van der Waals surface area contributed by atoms with Crippen molar-refractivity contribution in [1.82, 2.24) is 0 Å². The Bertz CT molecular complexity index is 868. The van der Waals surface area contributed by atoms with Gasteiger partial charge in [0.2, 0.25) is 0 Å². The molecule has 3 rings (SSSR count). The van der Waals surface area contributed by atoms with E-state index < -0.39 is 0 Å². The number of hydrogen-bond donors (Lipinski definition) is 0. The van der Waals surface area contributed by atoms with Crippen molar-refractivity contribution < 1.29 is 4.79 Å². The predicted octanol–water partition coefficient (Wildman–Crippen LogP) is 4.42. The van der Waals surface area contributed by atoms with Crippen molar-refractivity contribution in [2.24, 2.45) is 5.92 Å². The fraction of sp³-hybridized carbons (Fsp3) is 0.227. The molecule has 0 radical (unpaired) electrons. The second-order valence-electron chi connectivity index (χ2n) is 6.23. The Hall–Kier alpha value is -3.17. The minimum Gasteiger partial charge on any atom is -0.303 e. The molecule has 3 nitrogen and oxygen atoms in total. The third kappa shape index (κ3) is 3.23. The molecule has 0 aliphatic heterocycles. The first-order valence-electron chi connectivity index (χ1n) is 8.41. The van der Waals surface area contributed by atoms with E-state index in [4.69, 9.17) is 0 Å². The Balaban J connectivity index is 2.17. The normalized spacial score (nSPS) is 16.9. The first-order valence-corrected chi connectivity index (χ1v) is 8.41. The maximum absolute atomic E-state index is 11.3. The number of aldehydes is 1. The Morgan fingerprint density at radius 2 is 1.76 bits per heavy atom. The molecule has 2 atom stereocenters. The molecular formula is C22H18N2O. The lowest BCUT2D eigenvalue weighted by Gasteiger charge is -2.34. The van der Waals surface area contributed by atoms with Crippen molar-refractivity contribution in [3.8, 4) is 12.1 Å². The van der Waals surface area contributed by atoms with Crippen LogP contribution in [-0.4, -0.2) is 6.29 Å². The van der Waals surface area contributed by atoms with E-state index in [1.165, 1.54) is 0 Å². The lowest BCUT2D eigenvalue weighted by Crippen LogP contribution is -2.22. The fourth-order valence-electron chi connectivity index (χ4n) is 3.86. The third-order valence-electron chi connectivity index (χ3n) is 4.96. The van der Waals surface area contributed by atoms with E-state index in [0.29, 0.717) is 6.42 Å². The number of rotatable bonds is 4. The zero-order chi connectivity index (χ0) is 17.6. The minimum atomic E-state index is -0.0289. The second-order valence-corrected chi connectivity index (χ2v) is 6.23. The Morgan fingerprint density at radius 3 is 2.44 bits per heavy atom. The van der Waals surface area contributed by atoms with Crippen LogP contribution in [0.4, 0.5) is 0 Å². The molecule has 0 amide bonds. The average molecular weight is 326 g/mol. The van der Waals surface area contributed by atoms with Crippen molar-refractivity contribution >= 4 is 11.9 Å². The average Bonchev–Trinajstić information content (AvgIpc) is 2.68. The molecule has 2 aromatic carbocycles. The van der Waals surface area contributed by atoms with Gasteiger partial charge in [-0.1, -0.05) is 54.6 Å². The molecule has 3 heteroatoms. The van der Waals surface area contributed by atoms with Gasteiger partial charge in [0.25, 0.3) is 0 Å². The van der Waals surface area contributed by atoms with Crippen molar-refractivity contribution in [1.29, 1.82) is 10.5 Å². The summed E-state index contributed by atoms with van der Waals surface area (Å²) in [4.78, 5) is 11.3. The Kier molecular flexibility index (Phi) is 5.07. The minimum absolute atomic E-state index is 0.0169. The second kappa shape index (κ2) is 7.60. The van der Waals surface area contributed by atoms with Gasteiger partial charge >= 0.3 is 0 Å². The van der Waals surface area contributed by atoms with Crippen molar-refractivity contribution in [2.45, 2.75) is 25.2 Å². The van der Waals surface area contributed by atoms with Crippen LogP contribution in [0, 0.1) is 28.6 Å². The highest BCUT2D eigenvalue weighted by Gasteiger charge is 2.33. The highest BCUT2D eigenvalue weighted by atomic mass is 16.1. The number of benzene rings is 2. The van der Waals surface area contributed by atoms with Gasteiger partial charge in [0.15, 0.2) is 0 Å². The van der Waals surface area contributed by atoms with Gasteiger partial charge in [0.1, 0.15) is 24.0 Å². The zero-order valence-corrected chi connectivity index (χ0v) is 13.9. The van der Waals surface area contributed by atoms with E-state index in [1.807, 2.05) is 48.5 Å². The number of nitriles is 2.